The van der Waals surface area contributed by atoms with Gasteiger partial charge in [0.05, 0.1) is 16.3 Å². The molecular weight excluding hydrogens is 476 g/mol. The van der Waals surface area contributed by atoms with Gasteiger partial charge in [-0.2, -0.15) is 13.2 Å². The van der Waals surface area contributed by atoms with Crippen molar-refractivity contribution in [3.8, 4) is 0 Å². The van der Waals surface area contributed by atoms with E-state index in [4.69, 9.17) is 23.2 Å². The molecule has 2 aromatic rings. The minimum atomic E-state index is -4.60. The van der Waals surface area contributed by atoms with Crippen molar-refractivity contribution in [2.45, 2.75) is 38.3 Å². The molecular formula is C24H19Cl2F3N2O2. The van der Waals surface area contributed by atoms with Gasteiger partial charge in [-0.3, -0.25) is 9.59 Å². The molecule has 172 valence electrons. The van der Waals surface area contributed by atoms with E-state index in [1.807, 2.05) is 0 Å². The minimum absolute atomic E-state index is 0.0405. The van der Waals surface area contributed by atoms with E-state index in [1.165, 1.54) is 0 Å². The molecule has 0 saturated heterocycles. The van der Waals surface area contributed by atoms with Crippen LogP contribution in [0.4, 0.5) is 18.9 Å². The number of carbonyl (C=O) groups is 2. The molecule has 1 atom stereocenters. The first-order valence-electron chi connectivity index (χ1n) is 10.2. The number of alkyl halides is 3. The van der Waals surface area contributed by atoms with Crippen LogP contribution < -0.4 is 10.6 Å². The van der Waals surface area contributed by atoms with Gasteiger partial charge in [-0.05, 0) is 49.6 Å². The zero-order valence-electron chi connectivity index (χ0n) is 17.4. The summed E-state index contributed by atoms with van der Waals surface area (Å²) in [4.78, 5) is 26.4. The van der Waals surface area contributed by atoms with Gasteiger partial charge in [0.2, 0.25) is 0 Å². The highest BCUT2D eigenvalue weighted by atomic mass is 35.5. The third-order valence-electron chi connectivity index (χ3n) is 5.78. The number of Topliss-reactive ketones (excluding diaryl/α,β-unsaturated/α-hetero) is 1. The molecule has 2 aliphatic rings. The molecule has 1 amide bonds. The molecule has 1 aliphatic heterocycles. The Morgan fingerprint density at radius 2 is 1.82 bits per heavy atom. The number of halogens is 5. The van der Waals surface area contributed by atoms with Gasteiger partial charge in [0.15, 0.2) is 5.78 Å². The van der Waals surface area contributed by atoms with Crippen molar-refractivity contribution in [3.63, 3.8) is 0 Å². The van der Waals surface area contributed by atoms with Crippen molar-refractivity contribution >= 4 is 40.6 Å². The number of hydrogen-bond donors (Lipinski definition) is 2. The number of nitrogens with one attached hydrogen (secondary N) is 2. The van der Waals surface area contributed by atoms with Crippen molar-refractivity contribution in [3.05, 3.63) is 86.2 Å². The number of hydrogen-bond acceptors (Lipinski definition) is 3. The predicted molar refractivity (Wildman–Crippen MR) is 121 cm³/mol. The number of carbonyl (C=O) groups excluding carboxylic acids is 2. The molecule has 4 nitrogen and oxygen atoms in total. The van der Waals surface area contributed by atoms with E-state index in [2.05, 4.69) is 10.6 Å². The first-order chi connectivity index (χ1) is 15.6. The Labute approximate surface area is 198 Å². The zero-order chi connectivity index (χ0) is 23.9. The molecule has 0 bridgehead atoms. The Balaban J connectivity index is 1.79. The highest BCUT2D eigenvalue weighted by molar-refractivity contribution is 6.34. The molecule has 9 heteroatoms. The maximum Gasteiger partial charge on any atom is 0.416 e. The lowest BCUT2D eigenvalue weighted by atomic mass is 9.75. The minimum Gasteiger partial charge on any atom is -0.362 e. The third-order valence-corrected chi connectivity index (χ3v) is 6.45. The number of anilines is 1. The van der Waals surface area contributed by atoms with Gasteiger partial charge in [-0.1, -0.05) is 41.4 Å². The molecule has 0 fully saturated rings. The van der Waals surface area contributed by atoms with Crippen LogP contribution in [-0.4, -0.2) is 11.7 Å². The van der Waals surface area contributed by atoms with Gasteiger partial charge in [-0.15, -0.1) is 0 Å². The number of amides is 1. The van der Waals surface area contributed by atoms with Crippen LogP contribution in [0, 0.1) is 0 Å². The van der Waals surface area contributed by atoms with Crippen LogP contribution in [0.1, 0.15) is 43.2 Å². The zero-order valence-corrected chi connectivity index (χ0v) is 19.0. The van der Waals surface area contributed by atoms with Crippen LogP contribution in [0.3, 0.4) is 0 Å². The predicted octanol–water partition coefficient (Wildman–Crippen LogP) is 6.62. The number of benzene rings is 2. The summed E-state index contributed by atoms with van der Waals surface area (Å²) in [7, 11) is 0. The Morgan fingerprint density at radius 3 is 2.52 bits per heavy atom. The molecule has 4 rings (SSSR count). The molecule has 1 heterocycles. The summed E-state index contributed by atoms with van der Waals surface area (Å²) in [6.45, 7) is 1.69. The highest BCUT2D eigenvalue weighted by Crippen LogP contribution is 2.44. The van der Waals surface area contributed by atoms with Crippen LogP contribution in [-0.2, 0) is 15.8 Å². The number of dihydropyridines is 1. The van der Waals surface area contributed by atoms with E-state index in [-0.39, 0.29) is 22.1 Å². The number of allylic oxidation sites excluding steroid dienone is 3. The van der Waals surface area contributed by atoms with Gasteiger partial charge in [0.25, 0.3) is 5.91 Å². The summed E-state index contributed by atoms with van der Waals surface area (Å²) >= 11 is 12.5. The van der Waals surface area contributed by atoms with E-state index < -0.39 is 23.6 Å². The maximum absolute atomic E-state index is 13.4. The molecule has 0 spiro atoms. The third kappa shape index (κ3) is 4.52. The van der Waals surface area contributed by atoms with E-state index >= 15 is 0 Å². The fourth-order valence-corrected chi connectivity index (χ4v) is 4.70. The molecule has 2 aromatic carbocycles. The lowest BCUT2D eigenvalue weighted by Gasteiger charge is -2.35. The molecule has 33 heavy (non-hydrogen) atoms. The second-order valence-corrected chi connectivity index (χ2v) is 8.75. The summed E-state index contributed by atoms with van der Waals surface area (Å²) in [5.41, 5.74) is 1.35. The largest absolute Gasteiger partial charge is 0.416 e. The lowest BCUT2D eigenvalue weighted by Crippen LogP contribution is -2.35. The van der Waals surface area contributed by atoms with E-state index in [0.29, 0.717) is 41.1 Å². The van der Waals surface area contributed by atoms with Crippen molar-refractivity contribution in [2.24, 2.45) is 0 Å². The van der Waals surface area contributed by atoms with Gasteiger partial charge in [0, 0.05) is 39.9 Å². The Bertz CT molecular complexity index is 1220. The standard InChI is InChI=1S/C24H19Cl2F3N2O2/c1-12-20(23(33)31-18-11-13(24(27,28)29)9-10-16(18)26)21(14-5-2-3-6-15(14)25)22-17(30-12)7-4-8-19(22)32/h2-3,5-6,9-11,21,30H,4,7-8H2,1H3,(H,31,33)/t21-/m1/s1. The average Bonchev–Trinajstić information content (AvgIpc) is 2.74. The SMILES string of the molecule is CC1=C(C(=O)Nc2cc(C(F)(F)F)ccc2Cl)[C@@H](c2ccccc2Cl)C2=C(CCCC2=O)N1. The normalized spacial score (nSPS) is 18.7. The van der Waals surface area contributed by atoms with Crippen LogP contribution in [0.25, 0.3) is 0 Å². The smallest absolute Gasteiger partial charge is 0.362 e. The quantitative estimate of drug-likeness (QED) is 0.504. The molecule has 0 unspecified atom stereocenters. The number of ketones is 1. The van der Waals surface area contributed by atoms with Crippen LogP contribution >= 0.6 is 23.2 Å². The Morgan fingerprint density at radius 1 is 1.09 bits per heavy atom. The van der Waals surface area contributed by atoms with E-state index in [1.54, 1.807) is 31.2 Å². The maximum atomic E-state index is 13.4. The van der Waals surface area contributed by atoms with Crippen molar-refractivity contribution in [2.75, 3.05) is 5.32 Å². The summed E-state index contributed by atoms with van der Waals surface area (Å²) in [6, 6.07) is 9.61. The number of rotatable bonds is 3. The van der Waals surface area contributed by atoms with Gasteiger partial charge in [-0.25, -0.2) is 0 Å². The summed E-state index contributed by atoms with van der Waals surface area (Å²) in [5.74, 6) is -1.52. The summed E-state index contributed by atoms with van der Waals surface area (Å²) in [6.07, 6.45) is -2.92. The second-order valence-electron chi connectivity index (χ2n) is 7.93. The lowest BCUT2D eigenvalue weighted by molar-refractivity contribution is -0.137. The van der Waals surface area contributed by atoms with Crippen LogP contribution in [0.2, 0.25) is 10.0 Å². The molecule has 1 aliphatic carbocycles. The molecule has 2 N–H and O–H groups in total. The first-order valence-corrected chi connectivity index (χ1v) is 11.0. The Kier molecular flexibility index (Phi) is 6.29. The topological polar surface area (TPSA) is 58.2 Å². The van der Waals surface area contributed by atoms with E-state index in [9.17, 15) is 22.8 Å². The van der Waals surface area contributed by atoms with Gasteiger partial charge >= 0.3 is 6.18 Å². The monoisotopic (exact) mass is 494 g/mol. The first kappa shape index (κ1) is 23.4. The highest BCUT2D eigenvalue weighted by Gasteiger charge is 2.39. The fourth-order valence-electron chi connectivity index (χ4n) is 4.29. The average molecular weight is 495 g/mol. The van der Waals surface area contributed by atoms with Crippen molar-refractivity contribution < 1.29 is 22.8 Å². The van der Waals surface area contributed by atoms with Crippen molar-refractivity contribution in [1.29, 1.82) is 0 Å². The summed E-state index contributed by atoms with van der Waals surface area (Å²) in [5, 5.41) is 6.00. The fraction of sp³-hybridized carbons (Fsp3) is 0.250. The van der Waals surface area contributed by atoms with Crippen molar-refractivity contribution in [1.82, 2.24) is 5.32 Å². The molecule has 0 radical (unpaired) electrons. The Hall–Kier alpha value is -2.77. The van der Waals surface area contributed by atoms with Gasteiger partial charge in [0.1, 0.15) is 0 Å². The van der Waals surface area contributed by atoms with E-state index in [0.717, 1.165) is 23.9 Å². The van der Waals surface area contributed by atoms with Gasteiger partial charge < -0.3 is 10.6 Å². The van der Waals surface area contributed by atoms with Crippen LogP contribution in [0.5, 0.6) is 0 Å². The molecule has 0 saturated carbocycles. The molecule has 0 aromatic heterocycles. The van der Waals surface area contributed by atoms with Crippen LogP contribution in [0.15, 0.2) is 65.0 Å². The second kappa shape index (κ2) is 8.88. The summed E-state index contributed by atoms with van der Waals surface area (Å²) < 4.78 is 39.5.